The van der Waals surface area contributed by atoms with Gasteiger partial charge in [0.05, 0.1) is 6.61 Å². The van der Waals surface area contributed by atoms with Crippen molar-refractivity contribution in [3.8, 4) is 0 Å². The number of carbonyl (C=O) groups excluding carboxylic acids is 2. The minimum Gasteiger partial charge on any atom is -0.462 e. The Morgan fingerprint density at radius 1 is 0.571 bits per heavy atom. The Kier molecular flexibility index (Phi) is 29.9. The molecule has 0 aromatic heterocycles. The Hall–Kier alpha value is -2.45. The first-order valence-corrected chi connectivity index (χ1v) is 22.1. The maximum atomic E-state index is 12.8. The molecule has 1 fully saturated rings. The number of hydrogen-bond acceptors (Lipinski definition) is 12. The molecule has 6 N–H and O–H groups in total. The molecule has 0 spiro atoms. The molecular weight excluding hydrogens is 743 g/mol. The van der Waals surface area contributed by atoms with Gasteiger partial charge in [-0.25, -0.2) is 4.57 Å². The van der Waals surface area contributed by atoms with Crippen LogP contribution in [-0.2, 0) is 32.7 Å². The van der Waals surface area contributed by atoms with Gasteiger partial charge in [0.15, 0.2) is 6.10 Å². The molecule has 56 heavy (non-hydrogen) atoms. The standard InChI is InChI=1S/C42H71O13P/c1-3-5-7-9-11-13-15-17-18-19-21-23-25-27-29-31-36(44)54-34(32-52-35(43)30-28-26-24-22-20-16-14-12-10-8-6-4-2)33-53-56(50,51)55-42-40(48)38(46)37(45)39(47)41(42)49/h5,7,11-14,17-18,21,23,34,37-42,45-49H,3-4,6,8-10,15-16,19-20,22,24-33H2,1-2H3,(H,50,51)/b7-5+,13-11+,14-12+,18-17+,23-21+/t34-,37?,38+,39?,40?,41?,42?/m1/s1. The van der Waals surface area contributed by atoms with Crippen LogP contribution in [0.5, 0.6) is 0 Å². The second-order valence-corrected chi connectivity index (χ2v) is 15.5. The van der Waals surface area contributed by atoms with Crippen LogP contribution >= 0.6 is 7.82 Å². The fourth-order valence-electron chi connectivity index (χ4n) is 5.74. The second kappa shape index (κ2) is 32.5. The van der Waals surface area contributed by atoms with Gasteiger partial charge in [-0.1, -0.05) is 107 Å². The number of carbonyl (C=O) groups is 2. The molecule has 6 unspecified atom stereocenters. The van der Waals surface area contributed by atoms with E-state index in [0.29, 0.717) is 19.3 Å². The SMILES string of the molecule is CC/C=C/C/C=C/C/C=C/C/C=C/CCCCC(=O)O[C@H](COC(=O)CCCCCCC/C=C/CCCCC)COP(=O)(O)OC1C(O)C(O)C(O)[C@H](O)C1O. The molecule has 1 saturated carbocycles. The monoisotopic (exact) mass is 814 g/mol. The Labute approximate surface area is 334 Å². The van der Waals surface area contributed by atoms with E-state index in [1.165, 1.54) is 19.3 Å². The van der Waals surface area contributed by atoms with E-state index in [9.17, 15) is 44.6 Å². The molecule has 1 rings (SSSR count). The molecule has 0 amide bonds. The lowest BCUT2D eigenvalue weighted by Crippen LogP contribution is -2.64. The van der Waals surface area contributed by atoms with Crippen LogP contribution in [0.2, 0.25) is 0 Å². The average molecular weight is 815 g/mol. The number of unbranched alkanes of at least 4 members (excludes halogenated alkanes) is 10. The predicted octanol–water partition coefficient (Wildman–Crippen LogP) is 6.99. The summed E-state index contributed by atoms with van der Waals surface area (Å²) >= 11 is 0. The minimum atomic E-state index is -5.13. The Morgan fingerprint density at radius 3 is 1.61 bits per heavy atom. The fourth-order valence-corrected chi connectivity index (χ4v) is 6.71. The molecule has 0 heterocycles. The van der Waals surface area contributed by atoms with Gasteiger partial charge in [0, 0.05) is 12.8 Å². The van der Waals surface area contributed by atoms with Gasteiger partial charge < -0.3 is 39.9 Å². The van der Waals surface area contributed by atoms with Gasteiger partial charge in [-0.05, 0) is 77.0 Å². The van der Waals surface area contributed by atoms with Crippen LogP contribution in [0, 0.1) is 0 Å². The summed E-state index contributed by atoms with van der Waals surface area (Å²) < 4.78 is 33.3. The first-order chi connectivity index (χ1) is 26.9. The third-order valence-electron chi connectivity index (χ3n) is 9.09. The zero-order valence-corrected chi connectivity index (χ0v) is 34.5. The van der Waals surface area contributed by atoms with Crippen LogP contribution in [0.4, 0.5) is 0 Å². The van der Waals surface area contributed by atoms with Crippen molar-refractivity contribution in [2.45, 2.75) is 179 Å². The lowest BCUT2D eigenvalue weighted by molar-refractivity contribution is -0.220. The minimum absolute atomic E-state index is 0.0401. The molecule has 1 aliphatic rings. The van der Waals surface area contributed by atoms with Crippen molar-refractivity contribution >= 4 is 19.8 Å². The van der Waals surface area contributed by atoms with E-state index in [1.54, 1.807) is 0 Å². The molecule has 0 saturated heterocycles. The van der Waals surface area contributed by atoms with Gasteiger partial charge in [-0.15, -0.1) is 0 Å². The molecule has 1 aliphatic carbocycles. The number of ether oxygens (including phenoxy) is 2. The number of phosphoric ester groups is 1. The van der Waals surface area contributed by atoms with Gasteiger partial charge >= 0.3 is 19.8 Å². The zero-order chi connectivity index (χ0) is 41.4. The highest BCUT2D eigenvalue weighted by Gasteiger charge is 2.51. The van der Waals surface area contributed by atoms with E-state index in [2.05, 4.69) is 68.5 Å². The normalized spacial score (nSPS) is 23.5. The van der Waals surface area contributed by atoms with Crippen LogP contribution in [0.25, 0.3) is 0 Å². The van der Waals surface area contributed by atoms with Crippen molar-refractivity contribution in [2.75, 3.05) is 13.2 Å². The smallest absolute Gasteiger partial charge is 0.462 e. The molecule has 0 radical (unpaired) electrons. The Bertz CT molecular complexity index is 1220. The van der Waals surface area contributed by atoms with E-state index in [4.69, 9.17) is 18.5 Å². The van der Waals surface area contributed by atoms with Crippen LogP contribution < -0.4 is 0 Å². The molecule has 0 aromatic rings. The van der Waals surface area contributed by atoms with Gasteiger partial charge in [0.1, 0.15) is 43.2 Å². The summed E-state index contributed by atoms with van der Waals surface area (Å²) in [4.78, 5) is 35.5. The third-order valence-corrected chi connectivity index (χ3v) is 10.1. The summed E-state index contributed by atoms with van der Waals surface area (Å²) in [6.07, 6.45) is 24.4. The number of phosphoric acid groups is 1. The van der Waals surface area contributed by atoms with Gasteiger partial charge in [-0.2, -0.15) is 0 Å². The predicted molar refractivity (Wildman–Crippen MR) is 216 cm³/mol. The number of esters is 2. The van der Waals surface area contributed by atoms with Gasteiger partial charge in [-0.3, -0.25) is 18.6 Å². The maximum absolute atomic E-state index is 12.8. The summed E-state index contributed by atoms with van der Waals surface area (Å²) in [6.45, 7) is 3.08. The Balaban J connectivity index is 2.57. The molecular formula is C42H71O13P. The Morgan fingerprint density at radius 2 is 1.02 bits per heavy atom. The molecule has 322 valence electrons. The molecule has 0 bridgehead atoms. The molecule has 13 nitrogen and oxygen atoms in total. The van der Waals surface area contributed by atoms with Crippen LogP contribution in [0.15, 0.2) is 60.8 Å². The van der Waals surface area contributed by atoms with Crippen LogP contribution in [-0.4, -0.2) is 98.3 Å². The maximum Gasteiger partial charge on any atom is 0.472 e. The van der Waals surface area contributed by atoms with Crippen molar-refractivity contribution in [2.24, 2.45) is 0 Å². The van der Waals surface area contributed by atoms with E-state index in [0.717, 1.165) is 70.6 Å². The van der Waals surface area contributed by atoms with Gasteiger partial charge in [0.25, 0.3) is 0 Å². The summed E-state index contributed by atoms with van der Waals surface area (Å²) in [5.41, 5.74) is 0. The van der Waals surface area contributed by atoms with Crippen LogP contribution in [0.3, 0.4) is 0 Å². The van der Waals surface area contributed by atoms with Crippen molar-refractivity contribution in [3.63, 3.8) is 0 Å². The molecule has 14 heteroatoms. The summed E-state index contributed by atoms with van der Waals surface area (Å²) in [5.74, 6) is -1.17. The number of rotatable bonds is 32. The fraction of sp³-hybridized carbons (Fsp3) is 0.714. The lowest BCUT2D eigenvalue weighted by Gasteiger charge is -2.41. The second-order valence-electron chi connectivity index (χ2n) is 14.1. The topological polar surface area (TPSA) is 210 Å². The first-order valence-electron chi connectivity index (χ1n) is 20.6. The van der Waals surface area contributed by atoms with E-state index < -0.39 is 75.7 Å². The van der Waals surface area contributed by atoms with Crippen molar-refractivity contribution in [1.82, 2.24) is 0 Å². The van der Waals surface area contributed by atoms with Crippen molar-refractivity contribution in [1.29, 1.82) is 0 Å². The number of allylic oxidation sites excluding steroid dienone is 10. The molecule has 0 aromatic carbocycles. The van der Waals surface area contributed by atoms with Crippen molar-refractivity contribution in [3.05, 3.63) is 60.8 Å². The van der Waals surface area contributed by atoms with E-state index in [1.807, 2.05) is 6.08 Å². The highest BCUT2D eigenvalue weighted by atomic mass is 31.2. The largest absolute Gasteiger partial charge is 0.472 e. The number of aliphatic hydroxyl groups is 5. The number of hydrogen-bond donors (Lipinski definition) is 6. The molecule has 0 aliphatic heterocycles. The highest BCUT2D eigenvalue weighted by Crippen LogP contribution is 2.47. The average Bonchev–Trinajstić information content (AvgIpc) is 3.18. The third kappa shape index (κ3) is 25.0. The van der Waals surface area contributed by atoms with Gasteiger partial charge in [0.2, 0.25) is 0 Å². The van der Waals surface area contributed by atoms with Crippen molar-refractivity contribution < 1.29 is 63.1 Å². The summed E-state index contributed by atoms with van der Waals surface area (Å²) in [7, 11) is -5.13. The quantitative estimate of drug-likeness (QED) is 0.0175. The van der Waals surface area contributed by atoms with E-state index in [-0.39, 0.29) is 12.8 Å². The van der Waals surface area contributed by atoms with Crippen LogP contribution in [0.1, 0.15) is 136 Å². The van der Waals surface area contributed by atoms with E-state index >= 15 is 0 Å². The number of aliphatic hydroxyl groups excluding tert-OH is 5. The summed E-state index contributed by atoms with van der Waals surface area (Å²) in [5, 5.41) is 50.0. The lowest BCUT2D eigenvalue weighted by atomic mass is 9.85. The summed E-state index contributed by atoms with van der Waals surface area (Å²) in [6, 6.07) is 0. The first kappa shape index (κ1) is 51.6. The zero-order valence-electron chi connectivity index (χ0n) is 33.7. The highest BCUT2D eigenvalue weighted by molar-refractivity contribution is 7.47. The molecule has 8 atom stereocenters.